The minimum Gasteiger partial charge on any atom is -0.497 e. The van der Waals surface area contributed by atoms with E-state index in [-0.39, 0.29) is 11.8 Å². The van der Waals surface area contributed by atoms with Crippen LogP contribution >= 0.6 is 0 Å². The van der Waals surface area contributed by atoms with Crippen LogP contribution in [0.15, 0.2) is 42.5 Å². The van der Waals surface area contributed by atoms with Gasteiger partial charge in [-0.2, -0.15) is 0 Å². The number of nitrogens with one attached hydrogen (secondary N) is 2. The van der Waals surface area contributed by atoms with Gasteiger partial charge in [0.15, 0.2) is 11.5 Å². The van der Waals surface area contributed by atoms with E-state index < -0.39 is 5.41 Å². The van der Waals surface area contributed by atoms with E-state index in [1.165, 1.54) is 0 Å². The predicted molar refractivity (Wildman–Crippen MR) is 107 cm³/mol. The van der Waals surface area contributed by atoms with Crippen molar-refractivity contribution in [2.45, 2.75) is 19.3 Å². The average Bonchev–Trinajstić information content (AvgIpc) is 3.56. The van der Waals surface area contributed by atoms with Gasteiger partial charge in [0, 0.05) is 18.3 Å². The maximum Gasteiger partial charge on any atom is 0.240 e. The van der Waals surface area contributed by atoms with Crippen molar-refractivity contribution < 1.29 is 23.8 Å². The SMILES string of the molecule is COc1ccc(CCNC(=O)C2(C(=O)Nc3ccc4c(c3)OCCO4)CC2)cc1. The lowest BCUT2D eigenvalue weighted by Crippen LogP contribution is -2.40. The Hall–Kier alpha value is -3.22. The van der Waals surface area contributed by atoms with Gasteiger partial charge in [0.05, 0.1) is 7.11 Å². The normalized spacial score (nSPS) is 15.9. The molecule has 0 spiro atoms. The molecule has 0 aromatic heterocycles. The Labute approximate surface area is 169 Å². The molecule has 2 aromatic carbocycles. The molecule has 1 aliphatic carbocycles. The Morgan fingerprint density at radius 2 is 1.72 bits per heavy atom. The van der Waals surface area contributed by atoms with Crippen LogP contribution in [-0.4, -0.2) is 38.7 Å². The van der Waals surface area contributed by atoms with Crippen molar-refractivity contribution in [2.75, 3.05) is 32.2 Å². The molecule has 152 valence electrons. The number of benzene rings is 2. The molecular weight excluding hydrogens is 372 g/mol. The Balaban J connectivity index is 1.31. The quantitative estimate of drug-likeness (QED) is 0.703. The summed E-state index contributed by atoms with van der Waals surface area (Å²) in [6.07, 6.45) is 1.80. The molecule has 1 heterocycles. The molecule has 29 heavy (non-hydrogen) atoms. The lowest BCUT2D eigenvalue weighted by Gasteiger charge is -2.20. The molecule has 1 aliphatic heterocycles. The largest absolute Gasteiger partial charge is 0.497 e. The zero-order valence-corrected chi connectivity index (χ0v) is 16.3. The van der Waals surface area contributed by atoms with Crippen LogP contribution in [0.4, 0.5) is 5.69 Å². The fraction of sp³-hybridized carbons (Fsp3) is 0.364. The predicted octanol–water partition coefficient (Wildman–Crippen LogP) is 2.54. The van der Waals surface area contributed by atoms with E-state index in [4.69, 9.17) is 14.2 Å². The van der Waals surface area contributed by atoms with Gasteiger partial charge in [-0.25, -0.2) is 0 Å². The number of amides is 2. The van der Waals surface area contributed by atoms with Crippen molar-refractivity contribution in [2.24, 2.45) is 5.41 Å². The highest BCUT2D eigenvalue weighted by molar-refractivity contribution is 6.13. The monoisotopic (exact) mass is 396 g/mol. The first kappa shape index (κ1) is 19.1. The number of anilines is 1. The molecule has 4 rings (SSSR count). The number of rotatable bonds is 7. The highest BCUT2D eigenvalue weighted by atomic mass is 16.6. The van der Waals surface area contributed by atoms with Crippen molar-refractivity contribution >= 4 is 17.5 Å². The van der Waals surface area contributed by atoms with Crippen molar-refractivity contribution in [1.29, 1.82) is 0 Å². The van der Waals surface area contributed by atoms with E-state index in [9.17, 15) is 9.59 Å². The van der Waals surface area contributed by atoms with Gasteiger partial charge >= 0.3 is 0 Å². The number of hydrogen-bond donors (Lipinski definition) is 2. The molecule has 2 N–H and O–H groups in total. The minimum atomic E-state index is -0.979. The lowest BCUT2D eigenvalue weighted by atomic mass is 10.0. The number of ether oxygens (including phenoxy) is 3. The molecule has 0 saturated heterocycles. The Bertz CT molecular complexity index is 906. The third-order valence-corrected chi connectivity index (χ3v) is 5.28. The molecule has 0 unspecified atom stereocenters. The molecule has 0 radical (unpaired) electrons. The van der Waals surface area contributed by atoms with Crippen LogP contribution < -0.4 is 24.8 Å². The Morgan fingerprint density at radius 3 is 2.41 bits per heavy atom. The standard InChI is InChI=1S/C22H24N2O5/c1-27-17-5-2-15(3-6-17)8-11-23-20(25)22(9-10-22)21(26)24-16-4-7-18-19(14-16)29-13-12-28-18/h2-7,14H,8-13H2,1H3,(H,23,25)(H,24,26). The van der Waals surface area contributed by atoms with Gasteiger partial charge < -0.3 is 24.8 Å². The fourth-order valence-corrected chi connectivity index (χ4v) is 3.34. The second-order valence-electron chi connectivity index (χ2n) is 7.25. The summed E-state index contributed by atoms with van der Waals surface area (Å²) < 4.78 is 16.2. The second kappa shape index (κ2) is 8.03. The van der Waals surface area contributed by atoms with Gasteiger partial charge in [-0.15, -0.1) is 0 Å². The number of fused-ring (bicyclic) bond motifs is 1. The Kier molecular flexibility index (Phi) is 5.29. The zero-order chi connectivity index (χ0) is 20.3. The number of carbonyl (C=O) groups excluding carboxylic acids is 2. The van der Waals surface area contributed by atoms with Crippen LogP contribution in [-0.2, 0) is 16.0 Å². The fourth-order valence-electron chi connectivity index (χ4n) is 3.34. The van der Waals surface area contributed by atoms with Crippen molar-refractivity contribution in [3.05, 3.63) is 48.0 Å². The molecule has 7 heteroatoms. The highest BCUT2D eigenvalue weighted by Crippen LogP contribution is 2.47. The van der Waals surface area contributed by atoms with E-state index >= 15 is 0 Å². The molecule has 2 amide bonds. The van der Waals surface area contributed by atoms with Gasteiger partial charge in [-0.1, -0.05) is 12.1 Å². The third-order valence-electron chi connectivity index (χ3n) is 5.28. The van der Waals surface area contributed by atoms with Gasteiger partial charge in [0.1, 0.15) is 24.4 Å². The van der Waals surface area contributed by atoms with Gasteiger partial charge in [0.2, 0.25) is 11.8 Å². The molecular formula is C22H24N2O5. The molecule has 0 atom stereocenters. The van der Waals surface area contributed by atoms with E-state index in [1.807, 2.05) is 24.3 Å². The molecule has 2 aliphatic rings. The number of methoxy groups -OCH3 is 1. The summed E-state index contributed by atoms with van der Waals surface area (Å²) >= 11 is 0. The van der Waals surface area contributed by atoms with Crippen LogP contribution in [0.5, 0.6) is 17.2 Å². The van der Waals surface area contributed by atoms with Crippen LogP contribution in [0.1, 0.15) is 18.4 Å². The smallest absolute Gasteiger partial charge is 0.240 e. The average molecular weight is 396 g/mol. The summed E-state index contributed by atoms with van der Waals surface area (Å²) in [5.74, 6) is 1.55. The first-order valence-electron chi connectivity index (χ1n) is 9.73. The third kappa shape index (κ3) is 4.13. The first-order chi connectivity index (χ1) is 14.1. The lowest BCUT2D eigenvalue weighted by molar-refractivity contribution is -0.134. The van der Waals surface area contributed by atoms with Crippen LogP contribution in [0.3, 0.4) is 0 Å². The van der Waals surface area contributed by atoms with Crippen molar-refractivity contribution in [3.63, 3.8) is 0 Å². The van der Waals surface area contributed by atoms with Crippen molar-refractivity contribution in [1.82, 2.24) is 5.32 Å². The molecule has 1 saturated carbocycles. The summed E-state index contributed by atoms with van der Waals surface area (Å²) in [6.45, 7) is 1.47. The highest BCUT2D eigenvalue weighted by Gasteiger charge is 2.56. The molecule has 2 aromatic rings. The Morgan fingerprint density at radius 1 is 1.00 bits per heavy atom. The minimum absolute atomic E-state index is 0.221. The summed E-state index contributed by atoms with van der Waals surface area (Å²) in [5.41, 5.74) is 0.709. The zero-order valence-electron chi connectivity index (χ0n) is 16.3. The summed E-state index contributed by atoms with van der Waals surface area (Å²) in [5, 5.41) is 5.75. The molecule has 1 fully saturated rings. The maximum atomic E-state index is 12.8. The number of hydrogen-bond acceptors (Lipinski definition) is 5. The van der Waals surface area contributed by atoms with Gasteiger partial charge in [-0.3, -0.25) is 9.59 Å². The molecule has 0 bridgehead atoms. The van der Waals surface area contributed by atoms with E-state index in [0.717, 1.165) is 11.3 Å². The van der Waals surface area contributed by atoms with Crippen LogP contribution in [0, 0.1) is 5.41 Å². The number of carbonyl (C=O) groups is 2. The first-order valence-corrected chi connectivity index (χ1v) is 9.73. The van der Waals surface area contributed by atoms with E-state index in [1.54, 1.807) is 25.3 Å². The molecule has 7 nitrogen and oxygen atoms in total. The van der Waals surface area contributed by atoms with Gasteiger partial charge in [-0.05, 0) is 49.1 Å². The summed E-state index contributed by atoms with van der Waals surface area (Å²) in [4.78, 5) is 25.4. The van der Waals surface area contributed by atoms with Crippen LogP contribution in [0.25, 0.3) is 0 Å². The second-order valence-corrected chi connectivity index (χ2v) is 7.25. The topological polar surface area (TPSA) is 85.9 Å². The maximum absolute atomic E-state index is 12.8. The van der Waals surface area contributed by atoms with Gasteiger partial charge in [0.25, 0.3) is 0 Å². The van der Waals surface area contributed by atoms with Crippen molar-refractivity contribution in [3.8, 4) is 17.2 Å². The van der Waals surface area contributed by atoms with E-state index in [2.05, 4.69) is 10.6 Å². The summed E-state index contributed by atoms with van der Waals surface area (Å²) in [7, 11) is 1.63. The van der Waals surface area contributed by atoms with E-state index in [0.29, 0.717) is 56.2 Å². The summed E-state index contributed by atoms with van der Waals surface area (Å²) in [6, 6.07) is 12.9. The van der Waals surface area contributed by atoms with Crippen LogP contribution in [0.2, 0.25) is 0 Å².